The summed E-state index contributed by atoms with van der Waals surface area (Å²) in [6.07, 6.45) is 1.20. The van der Waals surface area contributed by atoms with Crippen molar-refractivity contribution in [3.8, 4) is 0 Å². The molecule has 1 aromatic carbocycles. The molecule has 0 spiro atoms. The monoisotopic (exact) mass is 353 g/mol. The molecule has 1 aromatic heterocycles. The van der Waals surface area contributed by atoms with Gasteiger partial charge < -0.3 is 9.84 Å². The van der Waals surface area contributed by atoms with E-state index in [1.54, 1.807) is 12.1 Å². The predicted molar refractivity (Wildman–Crippen MR) is 94.9 cm³/mol. The Morgan fingerprint density at radius 1 is 1.27 bits per heavy atom. The van der Waals surface area contributed by atoms with Crippen molar-refractivity contribution in [2.45, 2.75) is 39.5 Å². The van der Waals surface area contributed by atoms with Gasteiger partial charge in [-0.2, -0.15) is 0 Å². The van der Waals surface area contributed by atoms with Crippen LogP contribution in [0.1, 0.15) is 49.4 Å². The third-order valence-electron chi connectivity index (χ3n) is 5.11. The first-order valence-corrected chi connectivity index (χ1v) is 8.50. The lowest BCUT2D eigenvalue weighted by atomic mass is 9.69. The van der Waals surface area contributed by atoms with Crippen molar-refractivity contribution in [1.82, 2.24) is 5.16 Å². The van der Waals surface area contributed by atoms with E-state index in [9.17, 15) is 14.9 Å². The van der Waals surface area contributed by atoms with Gasteiger partial charge in [0.1, 0.15) is 0 Å². The van der Waals surface area contributed by atoms with E-state index in [1.807, 2.05) is 6.92 Å². The van der Waals surface area contributed by atoms with Crippen LogP contribution in [-0.4, -0.2) is 15.9 Å². The Balaban J connectivity index is 1.89. The molecule has 1 aliphatic carbocycles. The number of aryl methyl sites for hydroxylation is 1. The molecule has 1 N–H and O–H groups in total. The van der Waals surface area contributed by atoms with Gasteiger partial charge in [0.15, 0.2) is 5.78 Å². The Bertz CT molecular complexity index is 954. The number of allylic oxidation sites excluding steroid dienone is 2. The van der Waals surface area contributed by atoms with Crippen molar-refractivity contribution in [3.05, 3.63) is 62.5 Å². The van der Waals surface area contributed by atoms with Crippen LogP contribution in [0.5, 0.6) is 0 Å². The molecule has 0 fully saturated rings. The number of carbonyl (C=O) groups is 1. The maximum atomic E-state index is 13.0. The summed E-state index contributed by atoms with van der Waals surface area (Å²) in [5, 5.41) is 18.3. The lowest BCUT2D eigenvalue weighted by Gasteiger charge is -2.37. The Kier molecular flexibility index (Phi) is 3.50. The van der Waals surface area contributed by atoms with Gasteiger partial charge in [-0.25, -0.2) is 0 Å². The summed E-state index contributed by atoms with van der Waals surface area (Å²) in [5.41, 5.74) is 3.83. The Labute approximate surface area is 150 Å². The van der Waals surface area contributed by atoms with Crippen molar-refractivity contribution in [2.75, 3.05) is 5.32 Å². The number of nitrogens with zero attached hydrogens (tertiary/aromatic N) is 2. The summed E-state index contributed by atoms with van der Waals surface area (Å²) in [6.45, 7) is 5.97. The van der Waals surface area contributed by atoms with Gasteiger partial charge in [0, 0.05) is 35.7 Å². The molecule has 0 bridgehead atoms. The van der Waals surface area contributed by atoms with Gasteiger partial charge >= 0.3 is 0 Å². The number of non-ortho nitro benzene ring substituents is 1. The second-order valence-corrected chi connectivity index (χ2v) is 7.75. The standard InChI is InChI=1S/C19H19N3O4/c1-10-15-16(11-4-6-12(7-5-11)22(24)25)17-13(20-18(15)26-21-10)8-19(2,3)9-14(17)23/h4-7,16,20H,8-9H2,1-3H3. The van der Waals surface area contributed by atoms with Gasteiger partial charge in [0.05, 0.1) is 16.2 Å². The molecule has 26 heavy (non-hydrogen) atoms. The molecule has 7 nitrogen and oxygen atoms in total. The Morgan fingerprint density at radius 2 is 1.96 bits per heavy atom. The van der Waals surface area contributed by atoms with Gasteiger partial charge in [0.25, 0.3) is 5.69 Å². The minimum Gasteiger partial charge on any atom is -0.338 e. The molecule has 0 radical (unpaired) electrons. The first kappa shape index (κ1) is 16.5. The van der Waals surface area contributed by atoms with Crippen molar-refractivity contribution >= 4 is 17.4 Å². The highest BCUT2D eigenvalue weighted by molar-refractivity contribution is 6.01. The summed E-state index contributed by atoms with van der Waals surface area (Å²) in [6, 6.07) is 6.36. The molecule has 2 aromatic rings. The Hall–Kier alpha value is -2.96. The van der Waals surface area contributed by atoms with Crippen molar-refractivity contribution in [1.29, 1.82) is 0 Å². The molecule has 2 heterocycles. The van der Waals surface area contributed by atoms with E-state index in [2.05, 4.69) is 24.3 Å². The van der Waals surface area contributed by atoms with Gasteiger partial charge in [-0.15, -0.1) is 0 Å². The minimum atomic E-state index is -0.429. The Morgan fingerprint density at radius 3 is 2.62 bits per heavy atom. The zero-order valence-corrected chi connectivity index (χ0v) is 14.8. The molecule has 4 rings (SSSR count). The maximum absolute atomic E-state index is 13.0. The lowest BCUT2D eigenvalue weighted by molar-refractivity contribution is -0.384. The number of Topliss-reactive ketones (excluding diaryl/α,β-unsaturated/α-hetero) is 1. The van der Waals surface area contributed by atoms with Crippen LogP contribution in [0, 0.1) is 22.5 Å². The molecule has 0 saturated carbocycles. The summed E-state index contributed by atoms with van der Waals surface area (Å²) < 4.78 is 5.44. The molecule has 1 unspecified atom stereocenters. The van der Waals surface area contributed by atoms with E-state index in [0.717, 1.165) is 28.8 Å². The quantitative estimate of drug-likeness (QED) is 0.645. The number of anilines is 1. The number of hydrogen-bond donors (Lipinski definition) is 1. The molecule has 1 aliphatic heterocycles. The summed E-state index contributed by atoms with van der Waals surface area (Å²) in [4.78, 5) is 23.5. The molecule has 7 heteroatoms. The number of fused-ring (bicyclic) bond motifs is 1. The number of aromatic nitrogens is 1. The predicted octanol–water partition coefficient (Wildman–Crippen LogP) is 4.09. The summed E-state index contributed by atoms with van der Waals surface area (Å²) in [5.74, 6) is 0.324. The zero-order chi connectivity index (χ0) is 18.6. The highest BCUT2D eigenvalue weighted by Crippen LogP contribution is 2.49. The second-order valence-electron chi connectivity index (χ2n) is 7.75. The molecule has 2 aliphatic rings. The average Bonchev–Trinajstić information content (AvgIpc) is 2.93. The zero-order valence-electron chi connectivity index (χ0n) is 14.8. The van der Waals surface area contributed by atoms with Gasteiger partial charge in [0.2, 0.25) is 5.88 Å². The lowest BCUT2D eigenvalue weighted by Crippen LogP contribution is -2.33. The number of nitro groups is 1. The maximum Gasteiger partial charge on any atom is 0.269 e. The topological polar surface area (TPSA) is 98.3 Å². The minimum absolute atomic E-state index is 0.0234. The van der Waals surface area contributed by atoms with Crippen LogP contribution in [0.25, 0.3) is 0 Å². The van der Waals surface area contributed by atoms with Crippen molar-refractivity contribution in [3.63, 3.8) is 0 Å². The van der Waals surface area contributed by atoms with E-state index >= 15 is 0 Å². The van der Waals surface area contributed by atoms with Crippen LogP contribution in [0.3, 0.4) is 0 Å². The van der Waals surface area contributed by atoms with Crippen LogP contribution in [0.2, 0.25) is 0 Å². The van der Waals surface area contributed by atoms with Gasteiger partial charge in [-0.1, -0.05) is 31.1 Å². The van der Waals surface area contributed by atoms with E-state index in [4.69, 9.17) is 4.52 Å². The highest BCUT2D eigenvalue weighted by Gasteiger charge is 2.42. The van der Waals surface area contributed by atoms with E-state index in [-0.39, 0.29) is 22.8 Å². The fourth-order valence-corrected chi connectivity index (χ4v) is 3.99. The van der Waals surface area contributed by atoms with Crippen LogP contribution < -0.4 is 5.32 Å². The number of rotatable bonds is 2. The molecule has 1 atom stereocenters. The number of ketones is 1. The normalized spacial score (nSPS) is 21.0. The number of nitro benzene ring substituents is 1. The van der Waals surface area contributed by atoms with Crippen LogP contribution in [0.15, 0.2) is 40.1 Å². The van der Waals surface area contributed by atoms with Gasteiger partial charge in [-0.3, -0.25) is 14.9 Å². The number of carbonyl (C=O) groups excluding carboxylic acids is 1. The first-order chi connectivity index (χ1) is 12.3. The molecular weight excluding hydrogens is 334 g/mol. The van der Waals surface area contributed by atoms with Crippen LogP contribution in [-0.2, 0) is 4.79 Å². The smallest absolute Gasteiger partial charge is 0.269 e. The number of nitrogens with one attached hydrogen (secondary N) is 1. The molecule has 0 saturated heterocycles. The largest absolute Gasteiger partial charge is 0.338 e. The molecule has 134 valence electrons. The van der Waals surface area contributed by atoms with E-state index in [1.165, 1.54) is 12.1 Å². The number of benzene rings is 1. The van der Waals surface area contributed by atoms with Crippen molar-refractivity contribution < 1.29 is 14.2 Å². The molecule has 0 amide bonds. The SMILES string of the molecule is Cc1noc2c1C(c1ccc([N+](=O)[O-])cc1)C1=C(CC(C)(C)CC1=O)N2. The van der Waals surface area contributed by atoms with E-state index < -0.39 is 4.92 Å². The van der Waals surface area contributed by atoms with Crippen molar-refractivity contribution in [2.24, 2.45) is 5.41 Å². The fourth-order valence-electron chi connectivity index (χ4n) is 3.99. The highest BCUT2D eigenvalue weighted by atomic mass is 16.6. The summed E-state index contributed by atoms with van der Waals surface area (Å²) >= 11 is 0. The summed E-state index contributed by atoms with van der Waals surface area (Å²) in [7, 11) is 0. The van der Waals surface area contributed by atoms with Gasteiger partial charge in [-0.05, 0) is 24.3 Å². The average molecular weight is 353 g/mol. The third kappa shape index (κ3) is 2.51. The fraction of sp³-hybridized carbons (Fsp3) is 0.368. The molecular formula is C19H19N3O4. The number of hydrogen-bond acceptors (Lipinski definition) is 6. The van der Waals surface area contributed by atoms with Crippen LogP contribution >= 0.6 is 0 Å². The first-order valence-electron chi connectivity index (χ1n) is 8.50. The second kappa shape index (κ2) is 5.52. The third-order valence-corrected chi connectivity index (χ3v) is 5.11. The van der Waals surface area contributed by atoms with E-state index in [0.29, 0.717) is 18.0 Å². The van der Waals surface area contributed by atoms with Crippen LogP contribution in [0.4, 0.5) is 11.6 Å².